The first-order chi connectivity index (χ1) is 16.1. The second kappa shape index (κ2) is 11.3. The van der Waals surface area contributed by atoms with Crippen molar-refractivity contribution in [2.45, 2.75) is 51.0 Å². The summed E-state index contributed by atoms with van der Waals surface area (Å²) in [6.45, 7) is 6.30. The summed E-state index contributed by atoms with van der Waals surface area (Å²) in [5.41, 5.74) is 5.39. The third-order valence-electron chi connectivity index (χ3n) is 6.43. The van der Waals surface area contributed by atoms with E-state index in [0.29, 0.717) is 23.4 Å². The van der Waals surface area contributed by atoms with Crippen molar-refractivity contribution in [3.8, 4) is 5.75 Å². The minimum atomic E-state index is -3.70. The third kappa shape index (κ3) is 6.37. The molecule has 0 saturated heterocycles. The molecule has 1 amide bonds. The van der Waals surface area contributed by atoms with Gasteiger partial charge < -0.3 is 15.0 Å². The van der Waals surface area contributed by atoms with Crippen LogP contribution in [-0.2, 0) is 34.2 Å². The Hall–Kier alpha value is -2.42. The molecule has 1 N–H and O–H groups in total. The number of benzene rings is 2. The maximum atomic E-state index is 13.1. The number of methoxy groups -OCH3 is 1. The number of fused-ring (bicyclic) bond motifs is 1. The molecule has 8 heteroatoms. The molecule has 1 aliphatic rings. The van der Waals surface area contributed by atoms with E-state index in [4.69, 9.17) is 4.74 Å². The van der Waals surface area contributed by atoms with Crippen molar-refractivity contribution in [3.63, 3.8) is 0 Å². The molecule has 0 radical (unpaired) electrons. The van der Waals surface area contributed by atoms with Crippen LogP contribution in [0.15, 0.2) is 35.2 Å². The van der Waals surface area contributed by atoms with Crippen LogP contribution >= 0.6 is 0 Å². The van der Waals surface area contributed by atoms with E-state index in [-0.39, 0.29) is 23.8 Å². The van der Waals surface area contributed by atoms with Crippen molar-refractivity contribution in [2.75, 3.05) is 40.8 Å². The summed E-state index contributed by atoms with van der Waals surface area (Å²) in [6, 6.07) is 10.1. The molecule has 0 atom stereocenters. The number of hydrogen-bond donors (Lipinski definition) is 1. The van der Waals surface area contributed by atoms with Gasteiger partial charge in [-0.2, -0.15) is 0 Å². The molecule has 1 aliphatic heterocycles. The van der Waals surface area contributed by atoms with Gasteiger partial charge in [0.25, 0.3) is 0 Å². The number of likely N-dealkylation sites (N-methyl/N-ethyl adjacent to an activating group) is 1. The van der Waals surface area contributed by atoms with Crippen molar-refractivity contribution in [3.05, 3.63) is 58.1 Å². The van der Waals surface area contributed by atoms with E-state index in [1.807, 2.05) is 0 Å². The van der Waals surface area contributed by atoms with Crippen LogP contribution in [0.1, 0.15) is 40.7 Å². The molecule has 34 heavy (non-hydrogen) atoms. The van der Waals surface area contributed by atoms with Gasteiger partial charge in [-0.3, -0.25) is 4.79 Å². The van der Waals surface area contributed by atoms with Gasteiger partial charge in [-0.25, -0.2) is 12.7 Å². The minimum absolute atomic E-state index is 0.120. The first-order valence-corrected chi connectivity index (χ1v) is 13.2. The SMILES string of the molecule is COc1cc(C)c(S(=O)(=O)N(C)CCC(=O)NCCCc2ccc3c(c2)CN(C)CC3)c(C)c1. The molecule has 0 aromatic heterocycles. The first-order valence-electron chi connectivity index (χ1n) is 11.8. The lowest BCUT2D eigenvalue weighted by atomic mass is 9.96. The summed E-state index contributed by atoms with van der Waals surface area (Å²) in [5, 5.41) is 2.92. The second-order valence-electron chi connectivity index (χ2n) is 9.21. The van der Waals surface area contributed by atoms with Gasteiger partial charge in [-0.15, -0.1) is 0 Å². The lowest BCUT2D eigenvalue weighted by molar-refractivity contribution is -0.121. The molecule has 0 aliphatic carbocycles. The first kappa shape index (κ1) is 26.2. The van der Waals surface area contributed by atoms with Crippen LogP contribution < -0.4 is 10.1 Å². The number of ether oxygens (including phenoxy) is 1. The molecule has 7 nitrogen and oxygen atoms in total. The van der Waals surface area contributed by atoms with E-state index in [0.717, 1.165) is 32.4 Å². The summed E-state index contributed by atoms with van der Waals surface area (Å²) < 4.78 is 32.6. The highest BCUT2D eigenvalue weighted by Gasteiger charge is 2.25. The Bertz CT molecular complexity index is 1110. The highest BCUT2D eigenvalue weighted by atomic mass is 32.2. The summed E-state index contributed by atoms with van der Waals surface area (Å²) in [4.78, 5) is 14.9. The maximum Gasteiger partial charge on any atom is 0.243 e. The molecule has 1 heterocycles. The van der Waals surface area contributed by atoms with E-state index in [1.165, 1.54) is 28.0 Å². The molecule has 0 bridgehead atoms. The van der Waals surface area contributed by atoms with Crippen molar-refractivity contribution < 1.29 is 17.9 Å². The monoisotopic (exact) mass is 487 g/mol. The minimum Gasteiger partial charge on any atom is -0.497 e. The molecule has 3 rings (SSSR count). The number of sulfonamides is 1. The lowest BCUT2D eigenvalue weighted by Crippen LogP contribution is -2.33. The smallest absolute Gasteiger partial charge is 0.243 e. The Morgan fingerprint density at radius 3 is 2.53 bits per heavy atom. The van der Waals surface area contributed by atoms with Crippen LogP contribution in [0.4, 0.5) is 0 Å². The molecule has 2 aromatic carbocycles. The summed E-state index contributed by atoms with van der Waals surface area (Å²) >= 11 is 0. The summed E-state index contributed by atoms with van der Waals surface area (Å²) in [5.74, 6) is 0.482. The summed E-state index contributed by atoms with van der Waals surface area (Å²) in [6.07, 6.45) is 2.97. The zero-order valence-electron chi connectivity index (χ0n) is 21.0. The van der Waals surface area contributed by atoms with Crippen LogP contribution in [0.2, 0.25) is 0 Å². The number of nitrogens with zero attached hydrogens (tertiary/aromatic N) is 2. The number of nitrogens with one attached hydrogen (secondary N) is 1. The van der Waals surface area contributed by atoms with Crippen molar-refractivity contribution in [1.82, 2.24) is 14.5 Å². The fraction of sp³-hybridized carbons (Fsp3) is 0.500. The topological polar surface area (TPSA) is 79.0 Å². The van der Waals surface area contributed by atoms with E-state index < -0.39 is 10.0 Å². The average Bonchev–Trinajstić information content (AvgIpc) is 2.79. The molecule has 0 saturated carbocycles. The Morgan fingerprint density at radius 1 is 1.15 bits per heavy atom. The fourth-order valence-electron chi connectivity index (χ4n) is 4.49. The highest BCUT2D eigenvalue weighted by Crippen LogP contribution is 2.27. The van der Waals surface area contributed by atoms with E-state index in [9.17, 15) is 13.2 Å². The number of amides is 1. The Kier molecular flexibility index (Phi) is 8.73. The van der Waals surface area contributed by atoms with E-state index in [2.05, 4.69) is 35.5 Å². The van der Waals surface area contributed by atoms with Crippen molar-refractivity contribution >= 4 is 15.9 Å². The summed E-state index contributed by atoms with van der Waals surface area (Å²) in [7, 11) is 1.51. The van der Waals surface area contributed by atoms with Crippen LogP contribution in [0, 0.1) is 13.8 Å². The fourth-order valence-corrected chi connectivity index (χ4v) is 6.06. The largest absolute Gasteiger partial charge is 0.497 e. The molecule has 2 aromatic rings. The number of carbonyl (C=O) groups excluding carboxylic acids is 1. The van der Waals surface area contributed by atoms with Gasteiger partial charge >= 0.3 is 0 Å². The van der Waals surface area contributed by atoms with Crippen molar-refractivity contribution in [1.29, 1.82) is 0 Å². The van der Waals surface area contributed by atoms with Crippen molar-refractivity contribution in [2.24, 2.45) is 0 Å². The predicted octanol–water partition coefficient (Wildman–Crippen LogP) is 3.06. The number of hydrogen-bond acceptors (Lipinski definition) is 5. The number of carbonyl (C=O) groups is 1. The standard InChI is InChI=1S/C26H37N3O4S/c1-19-15-24(33-5)16-20(2)26(19)34(31,32)29(4)14-11-25(30)27-12-6-7-21-8-9-22-10-13-28(3)18-23(22)17-21/h8-9,15-17H,6-7,10-14,18H2,1-5H3,(H,27,30). The Balaban J connectivity index is 1.46. The van der Waals surface area contributed by atoms with E-state index >= 15 is 0 Å². The van der Waals surface area contributed by atoms with Crippen LogP contribution in [0.5, 0.6) is 5.75 Å². The van der Waals surface area contributed by atoms with E-state index in [1.54, 1.807) is 33.1 Å². The van der Waals surface area contributed by atoms with Gasteiger partial charge in [-0.05, 0) is 80.1 Å². The number of rotatable bonds is 10. The molecule has 186 valence electrons. The average molecular weight is 488 g/mol. The van der Waals surface area contributed by atoms with Gasteiger partial charge in [0, 0.05) is 39.6 Å². The van der Waals surface area contributed by atoms with Gasteiger partial charge in [-0.1, -0.05) is 18.2 Å². The third-order valence-corrected chi connectivity index (χ3v) is 8.59. The van der Waals surface area contributed by atoms with Gasteiger partial charge in [0.15, 0.2) is 0 Å². The predicted molar refractivity (Wildman–Crippen MR) is 135 cm³/mol. The van der Waals surface area contributed by atoms with Gasteiger partial charge in [0.1, 0.15) is 5.75 Å². The normalized spacial score (nSPS) is 14.2. The highest BCUT2D eigenvalue weighted by molar-refractivity contribution is 7.89. The van der Waals surface area contributed by atoms with Gasteiger partial charge in [0.2, 0.25) is 15.9 Å². The Morgan fingerprint density at radius 2 is 1.85 bits per heavy atom. The maximum absolute atomic E-state index is 13.1. The van der Waals surface area contributed by atoms with Gasteiger partial charge in [0.05, 0.1) is 12.0 Å². The molecular formula is C26H37N3O4S. The lowest BCUT2D eigenvalue weighted by Gasteiger charge is -2.25. The molecular weight excluding hydrogens is 450 g/mol. The zero-order chi connectivity index (χ0) is 24.9. The second-order valence-corrected chi connectivity index (χ2v) is 11.2. The van der Waals surface area contributed by atoms with Crippen LogP contribution in [0.3, 0.4) is 0 Å². The quantitative estimate of drug-likeness (QED) is 0.521. The molecule has 0 fully saturated rings. The Labute approximate surface area is 204 Å². The van der Waals surface area contributed by atoms with Crippen LogP contribution in [0.25, 0.3) is 0 Å². The zero-order valence-corrected chi connectivity index (χ0v) is 21.8. The molecule has 0 unspecified atom stereocenters. The number of aryl methyl sites for hydroxylation is 3. The van der Waals surface area contributed by atoms with Crippen LogP contribution in [-0.4, -0.2) is 64.4 Å². The molecule has 0 spiro atoms.